The van der Waals surface area contributed by atoms with Gasteiger partial charge in [-0.3, -0.25) is 0 Å². The molecule has 0 spiro atoms. The largest absolute Gasteiger partial charge is 0.372 e. The van der Waals surface area contributed by atoms with Crippen LogP contribution in [0.4, 0.5) is 5.82 Å². The van der Waals surface area contributed by atoms with Gasteiger partial charge in [0, 0.05) is 11.9 Å². The first kappa shape index (κ1) is 13.4. The number of hydrogen-bond donors (Lipinski definition) is 1. The Kier molecular flexibility index (Phi) is 3.89. The number of anilines is 1. The lowest BCUT2D eigenvalue weighted by molar-refractivity contribution is 1.07. The van der Waals surface area contributed by atoms with Crippen molar-refractivity contribution in [1.82, 2.24) is 9.97 Å². The highest BCUT2D eigenvalue weighted by molar-refractivity contribution is 7.98. The summed E-state index contributed by atoms with van der Waals surface area (Å²) in [5, 5.41) is 6.30. The monoisotopic (exact) mass is 301 g/mol. The number of hydrogen-bond acceptors (Lipinski definition) is 5. The van der Waals surface area contributed by atoms with Crippen LogP contribution in [0.3, 0.4) is 0 Å². The third-order valence-corrected chi connectivity index (χ3v) is 4.81. The Bertz CT molecular complexity index is 720. The van der Waals surface area contributed by atoms with E-state index in [0.29, 0.717) is 0 Å². The summed E-state index contributed by atoms with van der Waals surface area (Å²) in [5.74, 6) is 2.57. The second kappa shape index (κ2) is 5.81. The van der Waals surface area contributed by atoms with Gasteiger partial charge in [0.2, 0.25) is 0 Å². The second-order valence-corrected chi connectivity index (χ2v) is 6.42. The van der Waals surface area contributed by atoms with E-state index >= 15 is 0 Å². The van der Waals surface area contributed by atoms with Crippen LogP contribution in [0.5, 0.6) is 0 Å². The molecule has 1 N–H and O–H groups in total. The fourth-order valence-corrected chi connectivity index (χ4v) is 3.47. The van der Waals surface area contributed by atoms with Crippen molar-refractivity contribution in [3.63, 3.8) is 0 Å². The zero-order chi connectivity index (χ0) is 13.9. The Balaban J connectivity index is 1.81. The molecule has 2 aromatic heterocycles. The fraction of sp³-hybridized carbons (Fsp3) is 0.200. The number of nitrogens with zero attached hydrogens (tertiary/aromatic N) is 2. The molecule has 0 aliphatic carbocycles. The van der Waals surface area contributed by atoms with Crippen LogP contribution >= 0.6 is 23.1 Å². The molecule has 0 aliphatic rings. The summed E-state index contributed by atoms with van der Waals surface area (Å²) in [4.78, 5) is 11.5. The van der Waals surface area contributed by atoms with Crippen molar-refractivity contribution in [2.24, 2.45) is 0 Å². The Hall–Kier alpha value is -1.59. The molecular weight excluding hydrogens is 286 g/mol. The summed E-state index contributed by atoms with van der Waals surface area (Å²) in [6.07, 6.45) is 0. The van der Waals surface area contributed by atoms with Gasteiger partial charge in [0.25, 0.3) is 0 Å². The molecule has 3 nitrogen and oxygen atoms in total. The van der Waals surface area contributed by atoms with E-state index in [-0.39, 0.29) is 0 Å². The molecule has 0 saturated carbocycles. The lowest BCUT2D eigenvalue weighted by atomic mass is 10.2. The third-order valence-electron chi connectivity index (χ3n) is 3.00. The quantitative estimate of drug-likeness (QED) is 0.728. The minimum Gasteiger partial charge on any atom is -0.372 e. The molecule has 0 radical (unpaired) electrons. The number of thioether (sulfide) groups is 1. The van der Waals surface area contributed by atoms with Gasteiger partial charge in [-0.1, -0.05) is 17.7 Å². The molecule has 0 aliphatic heterocycles. The minimum absolute atomic E-state index is 0.783. The van der Waals surface area contributed by atoms with Crippen LogP contribution in [-0.2, 0) is 5.75 Å². The third kappa shape index (κ3) is 2.78. The Labute approximate surface area is 126 Å². The molecule has 0 bridgehead atoms. The first-order valence-electron chi connectivity index (χ1n) is 6.37. The van der Waals surface area contributed by atoms with Crippen LogP contribution in [0.1, 0.15) is 11.4 Å². The molecule has 3 rings (SSSR count). The molecule has 5 heteroatoms. The van der Waals surface area contributed by atoms with E-state index in [1.807, 2.05) is 7.05 Å². The van der Waals surface area contributed by atoms with Crippen molar-refractivity contribution in [2.45, 2.75) is 17.6 Å². The molecule has 0 fully saturated rings. The number of nitrogens with one attached hydrogen (secondary N) is 1. The average Bonchev–Trinajstić information content (AvgIpc) is 2.94. The normalized spacial score (nSPS) is 10.9. The highest BCUT2D eigenvalue weighted by Gasteiger charge is 2.08. The summed E-state index contributed by atoms with van der Waals surface area (Å²) < 4.78 is 0. The van der Waals surface area contributed by atoms with E-state index in [0.717, 1.165) is 27.6 Å². The van der Waals surface area contributed by atoms with Gasteiger partial charge in [-0.2, -0.15) is 0 Å². The number of thiophene rings is 1. The predicted octanol–water partition coefficient (Wildman–Crippen LogP) is 4.33. The minimum atomic E-state index is 0.783. The Morgan fingerprint density at radius 1 is 1.15 bits per heavy atom. The number of rotatable bonds is 4. The van der Waals surface area contributed by atoms with Gasteiger partial charge in [0.05, 0.1) is 11.1 Å². The summed E-state index contributed by atoms with van der Waals surface area (Å²) >= 11 is 3.42. The maximum absolute atomic E-state index is 4.62. The maximum Gasteiger partial charge on any atom is 0.142 e. The molecular formula is C15H15N3S2. The highest BCUT2D eigenvalue weighted by Crippen LogP contribution is 2.27. The van der Waals surface area contributed by atoms with Crippen molar-refractivity contribution in [3.05, 3.63) is 47.1 Å². The fourth-order valence-electron chi connectivity index (χ4n) is 1.94. The standard InChI is InChI=1S/C15H15N3S2/c1-10-3-5-11(6-4-10)20-9-13-17-14(16-2)12-7-8-19-15(12)18-13/h3-8H,9H2,1-2H3,(H,16,17,18). The van der Waals surface area contributed by atoms with Crippen LogP contribution in [0.15, 0.2) is 40.6 Å². The van der Waals surface area contributed by atoms with Crippen molar-refractivity contribution < 1.29 is 0 Å². The van der Waals surface area contributed by atoms with E-state index < -0.39 is 0 Å². The van der Waals surface area contributed by atoms with Gasteiger partial charge >= 0.3 is 0 Å². The predicted molar refractivity (Wildman–Crippen MR) is 87.7 cm³/mol. The second-order valence-electron chi connectivity index (χ2n) is 4.48. The molecule has 2 heterocycles. The summed E-state index contributed by atoms with van der Waals surface area (Å²) in [6.45, 7) is 2.10. The number of aryl methyl sites for hydroxylation is 1. The van der Waals surface area contributed by atoms with Crippen LogP contribution < -0.4 is 5.32 Å². The van der Waals surface area contributed by atoms with E-state index in [2.05, 4.69) is 57.9 Å². The maximum atomic E-state index is 4.62. The first-order valence-corrected chi connectivity index (χ1v) is 8.24. The average molecular weight is 301 g/mol. The summed E-state index contributed by atoms with van der Waals surface area (Å²) in [6, 6.07) is 10.6. The van der Waals surface area contributed by atoms with Gasteiger partial charge in [0.15, 0.2) is 0 Å². The van der Waals surface area contributed by atoms with Crippen molar-refractivity contribution in [1.29, 1.82) is 0 Å². The molecule has 20 heavy (non-hydrogen) atoms. The SMILES string of the molecule is CNc1nc(CSc2ccc(C)cc2)nc2sccc12. The topological polar surface area (TPSA) is 37.8 Å². The van der Waals surface area contributed by atoms with Crippen LogP contribution in [0.2, 0.25) is 0 Å². The Morgan fingerprint density at radius 3 is 2.70 bits per heavy atom. The first-order chi connectivity index (χ1) is 9.76. The molecule has 0 unspecified atom stereocenters. The lowest BCUT2D eigenvalue weighted by Gasteiger charge is -2.05. The van der Waals surface area contributed by atoms with Crippen LogP contribution in [0.25, 0.3) is 10.2 Å². The molecule has 1 aromatic carbocycles. The van der Waals surface area contributed by atoms with Gasteiger partial charge in [-0.05, 0) is 30.5 Å². The van der Waals surface area contributed by atoms with Gasteiger partial charge in [0.1, 0.15) is 16.5 Å². The highest BCUT2D eigenvalue weighted by atomic mass is 32.2. The van der Waals surface area contributed by atoms with Crippen LogP contribution in [-0.4, -0.2) is 17.0 Å². The Morgan fingerprint density at radius 2 is 1.95 bits per heavy atom. The van der Waals surface area contributed by atoms with Gasteiger partial charge in [-0.15, -0.1) is 23.1 Å². The molecule has 0 saturated heterocycles. The van der Waals surface area contributed by atoms with Crippen molar-refractivity contribution >= 4 is 39.1 Å². The zero-order valence-corrected chi connectivity index (χ0v) is 13.0. The smallest absolute Gasteiger partial charge is 0.142 e. The number of fused-ring (bicyclic) bond motifs is 1. The van der Waals surface area contributed by atoms with Gasteiger partial charge in [-0.25, -0.2) is 9.97 Å². The van der Waals surface area contributed by atoms with Crippen molar-refractivity contribution in [2.75, 3.05) is 12.4 Å². The molecule has 3 aromatic rings. The number of benzene rings is 1. The molecule has 0 amide bonds. The summed E-state index contributed by atoms with van der Waals surface area (Å²) in [5.41, 5.74) is 1.28. The van der Waals surface area contributed by atoms with Crippen LogP contribution in [0, 0.1) is 6.92 Å². The zero-order valence-electron chi connectivity index (χ0n) is 11.4. The van der Waals surface area contributed by atoms with E-state index in [9.17, 15) is 0 Å². The molecule has 102 valence electrons. The summed E-state index contributed by atoms with van der Waals surface area (Å²) in [7, 11) is 1.90. The van der Waals surface area contributed by atoms with E-state index in [4.69, 9.17) is 0 Å². The van der Waals surface area contributed by atoms with E-state index in [1.165, 1.54) is 10.5 Å². The molecule has 0 atom stereocenters. The van der Waals surface area contributed by atoms with Gasteiger partial charge < -0.3 is 5.32 Å². The lowest BCUT2D eigenvalue weighted by Crippen LogP contribution is -1.99. The number of aromatic nitrogens is 2. The van der Waals surface area contributed by atoms with Crippen molar-refractivity contribution in [3.8, 4) is 0 Å². The van der Waals surface area contributed by atoms with E-state index in [1.54, 1.807) is 23.1 Å².